The summed E-state index contributed by atoms with van der Waals surface area (Å²) in [5, 5.41) is 3.63. The van der Waals surface area contributed by atoms with Gasteiger partial charge in [-0.05, 0) is 37.3 Å². The molecule has 2 aromatic rings. The van der Waals surface area contributed by atoms with Crippen molar-refractivity contribution in [2.45, 2.75) is 6.92 Å². The van der Waals surface area contributed by atoms with Gasteiger partial charge in [0.1, 0.15) is 5.69 Å². The first-order valence-electron chi connectivity index (χ1n) is 5.26. The number of nitrogens with one attached hydrogen (secondary N) is 1. The molecule has 0 aliphatic carbocycles. The van der Waals surface area contributed by atoms with E-state index in [0.717, 1.165) is 5.69 Å². The van der Waals surface area contributed by atoms with Gasteiger partial charge in [-0.2, -0.15) is 0 Å². The molecule has 0 atom stereocenters. The van der Waals surface area contributed by atoms with Crippen LogP contribution in [-0.2, 0) is 0 Å². The molecule has 5 heteroatoms. The van der Waals surface area contributed by atoms with E-state index in [1.54, 1.807) is 30.3 Å². The van der Waals surface area contributed by atoms with Gasteiger partial charge in [0.15, 0.2) is 0 Å². The van der Waals surface area contributed by atoms with E-state index in [1.807, 2.05) is 13.0 Å². The minimum atomic E-state index is -0.294. The number of anilines is 1. The summed E-state index contributed by atoms with van der Waals surface area (Å²) in [5.41, 5.74) is 1.68. The molecule has 2 rings (SSSR count). The van der Waals surface area contributed by atoms with Crippen molar-refractivity contribution in [3.05, 3.63) is 57.8 Å². The molecule has 92 valence electrons. The first kappa shape index (κ1) is 12.9. The van der Waals surface area contributed by atoms with E-state index in [0.29, 0.717) is 21.4 Å². The van der Waals surface area contributed by atoms with Crippen LogP contribution in [0.25, 0.3) is 0 Å². The van der Waals surface area contributed by atoms with Crippen LogP contribution in [0, 0.1) is 6.92 Å². The molecule has 1 aromatic carbocycles. The lowest BCUT2D eigenvalue weighted by Crippen LogP contribution is -2.13. The Kier molecular flexibility index (Phi) is 3.84. The summed E-state index contributed by atoms with van der Waals surface area (Å²) in [7, 11) is 0. The van der Waals surface area contributed by atoms with Gasteiger partial charge in [-0.3, -0.25) is 4.79 Å². The van der Waals surface area contributed by atoms with Gasteiger partial charge >= 0.3 is 0 Å². The summed E-state index contributed by atoms with van der Waals surface area (Å²) < 4.78 is 0. The molecule has 1 heterocycles. The number of nitrogens with zero attached hydrogens (tertiary/aromatic N) is 1. The summed E-state index contributed by atoms with van der Waals surface area (Å²) in [6.45, 7) is 1.83. The fourth-order valence-electron chi connectivity index (χ4n) is 1.49. The monoisotopic (exact) mass is 280 g/mol. The third-order valence-electron chi connectivity index (χ3n) is 2.24. The molecule has 1 N–H and O–H groups in total. The molecule has 18 heavy (non-hydrogen) atoms. The van der Waals surface area contributed by atoms with Crippen LogP contribution in [-0.4, -0.2) is 10.9 Å². The lowest BCUT2D eigenvalue weighted by atomic mass is 10.2. The van der Waals surface area contributed by atoms with Crippen LogP contribution in [0.3, 0.4) is 0 Å². The van der Waals surface area contributed by atoms with Crippen molar-refractivity contribution in [3.8, 4) is 0 Å². The van der Waals surface area contributed by atoms with Gasteiger partial charge in [0.2, 0.25) is 0 Å². The number of hydrogen-bond acceptors (Lipinski definition) is 2. The first-order valence-corrected chi connectivity index (χ1v) is 6.01. The standard InChI is InChI=1S/C13H10Cl2N2O/c1-8-3-2-4-12(16-8)13(18)17-11-6-9(14)5-10(15)7-11/h2-7H,1H3,(H,17,18). The van der Waals surface area contributed by atoms with Crippen LogP contribution in [0.2, 0.25) is 10.0 Å². The number of halogens is 2. The van der Waals surface area contributed by atoms with Crippen molar-refractivity contribution >= 4 is 34.8 Å². The number of benzene rings is 1. The van der Waals surface area contributed by atoms with Crippen LogP contribution < -0.4 is 5.32 Å². The smallest absolute Gasteiger partial charge is 0.274 e. The fourth-order valence-corrected chi connectivity index (χ4v) is 2.02. The molecule has 1 aromatic heterocycles. The van der Waals surface area contributed by atoms with Gasteiger partial charge in [0.05, 0.1) is 0 Å². The Morgan fingerprint density at radius 3 is 2.44 bits per heavy atom. The van der Waals surface area contributed by atoms with Crippen LogP contribution in [0.5, 0.6) is 0 Å². The van der Waals surface area contributed by atoms with Gasteiger partial charge < -0.3 is 5.32 Å². The van der Waals surface area contributed by atoms with Crippen molar-refractivity contribution in [1.82, 2.24) is 4.98 Å². The van der Waals surface area contributed by atoms with Gasteiger partial charge in [-0.15, -0.1) is 0 Å². The lowest BCUT2D eigenvalue weighted by Gasteiger charge is -2.06. The number of amides is 1. The maximum absolute atomic E-state index is 11.9. The van der Waals surface area contributed by atoms with Crippen molar-refractivity contribution in [1.29, 1.82) is 0 Å². The maximum Gasteiger partial charge on any atom is 0.274 e. The predicted octanol–water partition coefficient (Wildman–Crippen LogP) is 3.95. The molecule has 0 unspecified atom stereocenters. The van der Waals surface area contributed by atoms with Crippen molar-refractivity contribution in [2.75, 3.05) is 5.32 Å². The van der Waals surface area contributed by atoms with Gasteiger partial charge in [-0.25, -0.2) is 4.98 Å². The van der Waals surface area contributed by atoms with Gasteiger partial charge in [0, 0.05) is 21.4 Å². The lowest BCUT2D eigenvalue weighted by molar-refractivity contribution is 0.102. The zero-order chi connectivity index (χ0) is 13.1. The Morgan fingerprint density at radius 1 is 1.17 bits per heavy atom. The number of aromatic nitrogens is 1. The first-order chi connectivity index (χ1) is 8.54. The highest BCUT2D eigenvalue weighted by Crippen LogP contribution is 2.22. The van der Waals surface area contributed by atoms with E-state index >= 15 is 0 Å². The molecule has 0 aliphatic rings. The highest BCUT2D eigenvalue weighted by atomic mass is 35.5. The maximum atomic E-state index is 11.9. The van der Waals surface area contributed by atoms with Gasteiger partial charge in [-0.1, -0.05) is 29.3 Å². The number of carbonyl (C=O) groups excluding carboxylic acids is 1. The minimum Gasteiger partial charge on any atom is -0.321 e. The van der Waals surface area contributed by atoms with Crippen LogP contribution >= 0.6 is 23.2 Å². The highest BCUT2D eigenvalue weighted by molar-refractivity contribution is 6.35. The van der Waals surface area contributed by atoms with Crippen LogP contribution in [0.1, 0.15) is 16.2 Å². The van der Waals surface area contributed by atoms with E-state index in [9.17, 15) is 4.79 Å². The highest BCUT2D eigenvalue weighted by Gasteiger charge is 2.08. The number of hydrogen-bond donors (Lipinski definition) is 1. The summed E-state index contributed by atoms with van der Waals surface area (Å²) in [6, 6.07) is 10.1. The van der Waals surface area contributed by atoms with Gasteiger partial charge in [0.25, 0.3) is 5.91 Å². The Balaban J connectivity index is 2.21. The largest absolute Gasteiger partial charge is 0.321 e. The molecule has 0 radical (unpaired) electrons. The normalized spacial score (nSPS) is 10.2. The van der Waals surface area contributed by atoms with Crippen LogP contribution in [0.15, 0.2) is 36.4 Å². The van der Waals surface area contributed by atoms with Crippen molar-refractivity contribution in [3.63, 3.8) is 0 Å². The Morgan fingerprint density at radius 2 is 1.83 bits per heavy atom. The second-order valence-corrected chi connectivity index (χ2v) is 4.65. The number of rotatable bonds is 2. The second kappa shape index (κ2) is 5.38. The molecule has 0 bridgehead atoms. The molecule has 0 aliphatic heterocycles. The number of aryl methyl sites for hydroxylation is 1. The van der Waals surface area contributed by atoms with Crippen molar-refractivity contribution < 1.29 is 4.79 Å². The van der Waals surface area contributed by atoms with Crippen LogP contribution in [0.4, 0.5) is 5.69 Å². The summed E-state index contributed by atoms with van der Waals surface area (Å²) in [4.78, 5) is 16.1. The molecule has 0 saturated heterocycles. The van der Waals surface area contributed by atoms with Crippen molar-refractivity contribution in [2.24, 2.45) is 0 Å². The number of carbonyl (C=O) groups is 1. The molecule has 0 saturated carbocycles. The third-order valence-corrected chi connectivity index (χ3v) is 2.68. The Hall–Kier alpha value is -1.58. The zero-order valence-corrected chi connectivity index (χ0v) is 11.1. The summed E-state index contributed by atoms with van der Waals surface area (Å²) >= 11 is 11.7. The molecule has 0 fully saturated rings. The molecule has 3 nitrogen and oxygen atoms in total. The summed E-state index contributed by atoms with van der Waals surface area (Å²) in [6.07, 6.45) is 0. The number of pyridine rings is 1. The Bertz CT molecular complexity index is 579. The van der Waals surface area contributed by atoms with E-state index in [1.165, 1.54) is 0 Å². The fraction of sp³-hybridized carbons (Fsp3) is 0.0769. The average molecular weight is 281 g/mol. The van der Waals surface area contributed by atoms with E-state index < -0.39 is 0 Å². The zero-order valence-electron chi connectivity index (χ0n) is 9.58. The molecule has 0 spiro atoms. The average Bonchev–Trinajstić information content (AvgIpc) is 2.27. The SMILES string of the molecule is Cc1cccc(C(=O)Nc2cc(Cl)cc(Cl)c2)n1. The van der Waals surface area contributed by atoms with E-state index in [-0.39, 0.29) is 5.91 Å². The quantitative estimate of drug-likeness (QED) is 0.905. The van der Waals surface area contributed by atoms with E-state index in [2.05, 4.69) is 10.3 Å². The Labute approximate surface area is 115 Å². The topological polar surface area (TPSA) is 42.0 Å². The second-order valence-electron chi connectivity index (χ2n) is 3.78. The molecular weight excluding hydrogens is 271 g/mol. The third kappa shape index (κ3) is 3.22. The predicted molar refractivity (Wildman–Crippen MR) is 73.4 cm³/mol. The summed E-state index contributed by atoms with van der Waals surface area (Å²) in [5.74, 6) is -0.294. The van der Waals surface area contributed by atoms with E-state index in [4.69, 9.17) is 23.2 Å². The molecule has 1 amide bonds. The minimum absolute atomic E-state index is 0.294. The molecular formula is C13H10Cl2N2O.